The smallest absolute Gasteiger partial charge is 0.330 e. The number of nitrogens with one attached hydrogen (secondary N) is 1. The number of nitrogens with two attached hydrogens (primary N) is 1. The summed E-state index contributed by atoms with van der Waals surface area (Å²) in [6.07, 6.45) is 0.639. The SMILES string of the molecule is CCCCn1c(N)c(N(CC)C(=O)[C@@H]2COc3ccccc3O2)c(=O)[nH]c1=O. The van der Waals surface area contributed by atoms with Crippen LogP contribution in [0.15, 0.2) is 33.9 Å². The lowest BCUT2D eigenvalue weighted by Gasteiger charge is -2.30. The minimum atomic E-state index is -0.926. The van der Waals surface area contributed by atoms with Gasteiger partial charge in [-0.15, -0.1) is 0 Å². The van der Waals surface area contributed by atoms with Gasteiger partial charge in [-0.1, -0.05) is 25.5 Å². The Morgan fingerprint density at radius 2 is 2.00 bits per heavy atom. The first kappa shape index (κ1) is 19.5. The van der Waals surface area contributed by atoms with E-state index < -0.39 is 23.3 Å². The number of nitrogens with zero attached hydrogens (tertiary/aromatic N) is 2. The molecular formula is C19H24N4O5. The molecule has 2 heterocycles. The Kier molecular flexibility index (Phi) is 5.72. The molecule has 1 aliphatic rings. The monoisotopic (exact) mass is 388 g/mol. The Morgan fingerprint density at radius 1 is 1.29 bits per heavy atom. The maximum atomic E-state index is 13.1. The van der Waals surface area contributed by atoms with Gasteiger partial charge in [0.2, 0.25) is 6.10 Å². The largest absolute Gasteiger partial charge is 0.485 e. The Hall–Kier alpha value is -3.23. The molecule has 0 saturated heterocycles. The number of carbonyl (C=O) groups is 1. The van der Waals surface area contributed by atoms with Crippen molar-refractivity contribution in [3.05, 3.63) is 45.1 Å². The number of ether oxygens (including phenoxy) is 2. The average Bonchev–Trinajstić information content (AvgIpc) is 2.70. The lowest BCUT2D eigenvalue weighted by Crippen LogP contribution is -2.49. The molecule has 1 aliphatic heterocycles. The number of hydrogen-bond acceptors (Lipinski definition) is 6. The fourth-order valence-electron chi connectivity index (χ4n) is 3.12. The van der Waals surface area contributed by atoms with Crippen molar-refractivity contribution in [1.82, 2.24) is 9.55 Å². The lowest BCUT2D eigenvalue weighted by atomic mass is 10.2. The molecule has 9 heteroatoms. The lowest BCUT2D eigenvalue weighted by molar-refractivity contribution is -0.127. The number of nitrogen functional groups attached to an aromatic ring is 1. The molecule has 1 aromatic carbocycles. The van der Waals surface area contributed by atoms with Crippen LogP contribution >= 0.6 is 0 Å². The molecular weight excluding hydrogens is 364 g/mol. The van der Waals surface area contributed by atoms with E-state index in [1.807, 2.05) is 13.0 Å². The van der Waals surface area contributed by atoms with Gasteiger partial charge in [0.15, 0.2) is 17.2 Å². The van der Waals surface area contributed by atoms with Crippen LogP contribution in [-0.2, 0) is 11.3 Å². The topological polar surface area (TPSA) is 120 Å². The normalized spacial score (nSPS) is 15.3. The van der Waals surface area contributed by atoms with E-state index in [4.69, 9.17) is 15.2 Å². The van der Waals surface area contributed by atoms with Crippen molar-refractivity contribution >= 4 is 17.4 Å². The van der Waals surface area contributed by atoms with Gasteiger partial charge in [-0.3, -0.25) is 19.1 Å². The minimum absolute atomic E-state index is 0.0135. The van der Waals surface area contributed by atoms with E-state index in [-0.39, 0.29) is 24.7 Å². The molecule has 1 atom stereocenters. The molecule has 0 bridgehead atoms. The summed E-state index contributed by atoms with van der Waals surface area (Å²) < 4.78 is 12.6. The van der Waals surface area contributed by atoms with Crippen LogP contribution in [0.4, 0.5) is 11.5 Å². The Morgan fingerprint density at radius 3 is 2.68 bits per heavy atom. The van der Waals surface area contributed by atoms with Gasteiger partial charge in [-0.05, 0) is 25.5 Å². The van der Waals surface area contributed by atoms with Gasteiger partial charge in [0.25, 0.3) is 11.5 Å². The van der Waals surface area contributed by atoms with Crippen molar-refractivity contribution < 1.29 is 14.3 Å². The Bertz CT molecular complexity index is 981. The third-order valence-electron chi connectivity index (χ3n) is 4.59. The minimum Gasteiger partial charge on any atom is -0.485 e. The van der Waals surface area contributed by atoms with E-state index >= 15 is 0 Å². The van der Waals surface area contributed by atoms with Crippen LogP contribution in [0.2, 0.25) is 0 Å². The summed E-state index contributed by atoms with van der Waals surface area (Å²) in [5, 5.41) is 0. The van der Waals surface area contributed by atoms with E-state index in [0.717, 1.165) is 6.42 Å². The highest BCUT2D eigenvalue weighted by Gasteiger charge is 2.33. The highest BCUT2D eigenvalue weighted by molar-refractivity contribution is 5.98. The number of benzene rings is 1. The first-order valence-electron chi connectivity index (χ1n) is 9.30. The van der Waals surface area contributed by atoms with Crippen LogP contribution < -0.4 is 31.4 Å². The maximum Gasteiger partial charge on any atom is 0.330 e. The molecule has 28 heavy (non-hydrogen) atoms. The van der Waals surface area contributed by atoms with Crippen LogP contribution in [0, 0.1) is 0 Å². The molecule has 150 valence electrons. The predicted molar refractivity (Wildman–Crippen MR) is 105 cm³/mol. The molecule has 2 aromatic rings. The van der Waals surface area contributed by atoms with Gasteiger partial charge in [0.1, 0.15) is 12.4 Å². The molecule has 0 saturated carbocycles. The molecule has 1 amide bonds. The zero-order valence-corrected chi connectivity index (χ0v) is 15.9. The summed E-state index contributed by atoms with van der Waals surface area (Å²) in [6, 6.07) is 7.04. The van der Waals surface area contributed by atoms with Crippen LogP contribution in [0.5, 0.6) is 11.5 Å². The number of aromatic nitrogens is 2. The fraction of sp³-hybridized carbons (Fsp3) is 0.421. The summed E-state index contributed by atoms with van der Waals surface area (Å²) in [4.78, 5) is 41.1. The first-order valence-corrected chi connectivity index (χ1v) is 9.30. The molecule has 3 N–H and O–H groups in total. The van der Waals surface area contributed by atoms with E-state index in [9.17, 15) is 14.4 Å². The van der Waals surface area contributed by atoms with E-state index in [2.05, 4.69) is 4.98 Å². The summed E-state index contributed by atoms with van der Waals surface area (Å²) in [7, 11) is 0. The number of amides is 1. The average molecular weight is 388 g/mol. The van der Waals surface area contributed by atoms with Gasteiger partial charge < -0.3 is 20.1 Å². The van der Waals surface area contributed by atoms with Crippen molar-refractivity contribution in [3.8, 4) is 11.5 Å². The van der Waals surface area contributed by atoms with Crippen LogP contribution in [0.1, 0.15) is 26.7 Å². The van der Waals surface area contributed by atoms with Crippen LogP contribution in [0.3, 0.4) is 0 Å². The summed E-state index contributed by atoms with van der Waals surface area (Å²) in [6.45, 7) is 4.25. The zero-order chi connectivity index (χ0) is 20.3. The summed E-state index contributed by atoms with van der Waals surface area (Å²) in [5.74, 6) is 0.516. The van der Waals surface area contributed by atoms with Gasteiger partial charge in [-0.25, -0.2) is 4.79 Å². The summed E-state index contributed by atoms with van der Waals surface area (Å²) >= 11 is 0. The number of carbonyl (C=O) groups excluding carboxylic acids is 1. The van der Waals surface area contributed by atoms with Gasteiger partial charge in [-0.2, -0.15) is 0 Å². The van der Waals surface area contributed by atoms with E-state index in [1.54, 1.807) is 25.1 Å². The third kappa shape index (κ3) is 3.60. The zero-order valence-electron chi connectivity index (χ0n) is 15.9. The maximum absolute atomic E-state index is 13.1. The van der Waals surface area contributed by atoms with E-state index in [0.29, 0.717) is 24.5 Å². The number of H-pyrrole nitrogens is 1. The van der Waals surface area contributed by atoms with E-state index in [1.165, 1.54) is 9.47 Å². The van der Waals surface area contributed by atoms with Gasteiger partial charge >= 0.3 is 5.69 Å². The molecule has 0 unspecified atom stereocenters. The molecule has 3 rings (SSSR count). The van der Waals surface area contributed by atoms with Crippen molar-refractivity contribution in [2.45, 2.75) is 39.3 Å². The van der Waals surface area contributed by atoms with Crippen molar-refractivity contribution in [3.63, 3.8) is 0 Å². The second-order valence-corrected chi connectivity index (χ2v) is 6.45. The molecule has 0 fully saturated rings. The Balaban J connectivity index is 1.94. The number of likely N-dealkylation sites (N-methyl/N-ethyl adjacent to an activating group) is 1. The quantitative estimate of drug-likeness (QED) is 0.765. The highest BCUT2D eigenvalue weighted by Crippen LogP contribution is 2.31. The number of hydrogen-bond donors (Lipinski definition) is 2. The molecule has 9 nitrogen and oxygen atoms in total. The fourth-order valence-corrected chi connectivity index (χ4v) is 3.12. The molecule has 0 spiro atoms. The standard InChI is InChI=1S/C19H24N4O5/c1-3-5-10-23-16(20)15(17(24)21-19(23)26)22(4-2)18(25)14-11-27-12-8-6-7-9-13(12)28-14/h6-9,14H,3-5,10-11,20H2,1-2H3,(H,21,24,26)/t14-/m0/s1. The number of aromatic amines is 1. The molecule has 1 aromatic heterocycles. The molecule has 0 radical (unpaired) electrons. The number of unbranched alkanes of at least 4 members (excludes halogenated alkanes) is 1. The number of anilines is 2. The van der Waals surface area contributed by atoms with Crippen LogP contribution in [0.25, 0.3) is 0 Å². The van der Waals surface area contributed by atoms with Crippen LogP contribution in [-0.4, -0.2) is 34.7 Å². The number of rotatable bonds is 6. The Labute approximate surface area is 161 Å². The third-order valence-corrected chi connectivity index (χ3v) is 4.59. The summed E-state index contributed by atoms with van der Waals surface area (Å²) in [5.41, 5.74) is 4.78. The predicted octanol–water partition coefficient (Wildman–Crippen LogP) is 1.11. The highest BCUT2D eigenvalue weighted by atomic mass is 16.6. The second-order valence-electron chi connectivity index (χ2n) is 6.45. The van der Waals surface area contributed by atoms with Crippen molar-refractivity contribution in [2.75, 3.05) is 23.8 Å². The first-order chi connectivity index (χ1) is 13.5. The van der Waals surface area contributed by atoms with Gasteiger partial charge in [0, 0.05) is 13.1 Å². The molecule has 0 aliphatic carbocycles. The number of para-hydroxylation sites is 2. The number of fused-ring (bicyclic) bond motifs is 1. The van der Waals surface area contributed by atoms with Crippen molar-refractivity contribution in [2.24, 2.45) is 0 Å². The van der Waals surface area contributed by atoms with Crippen molar-refractivity contribution in [1.29, 1.82) is 0 Å². The van der Waals surface area contributed by atoms with Gasteiger partial charge in [0.05, 0.1) is 0 Å². The second kappa shape index (κ2) is 8.20.